The van der Waals surface area contributed by atoms with Crippen molar-refractivity contribution in [3.63, 3.8) is 0 Å². The van der Waals surface area contributed by atoms with E-state index in [1.165, 1.54) is 0 Å². The molecule has 0 aromatic heterocycles. The Hall–Kier alpha value is -1.89. The molecule has 2 fully saturated rings. The van der Waals surface area contributed by atoms with E-state index >= 15 is 0 Å². The van der Waals surface area contributed by atoms with Gasteiger partial charge in [-0.1, -0.05) is 0 Å². The molecule has 7 heteroatoms. The average molecular weight is 354 g/mol. The van der Waals surface area contributed by atoms with Gasteiger partial charge >= 0.3 is 0 Å². The summed E-state index contributed by atoms with van der Waals surface area (Å²) in [4.78, 5) is 12.1. The van der Waals surface area contributed by atoms with Gasteiger partial charge in [-0.2, -0.15) is 0 Å². The van der Waals surface area contributed by atoms with Crippen LogP contribution in [0.5, 0.6) is 11.5 Å². The Bertz CT molecular complexity index is 618. The lowest BCUT2D eigenvalue weighted by atomic mass is 10.1. The maximum atomic E-state index is 13.2. The van der Waals surface area contributed by atoms with Gasteiger partial charge in [0, 0.05) is 24.6 Å². The van der Waals surface area contributed by atoms with Crippen LogP contribution in [0.15, 0.2) is 18.2 Å². The minimum absolute atomic E-state index is 0.178. The number of methoxy groups -OCH3 is 1. The third-order valence-electron chi connectivity index (χ3n) is 4.75. The topological polar surface area (TPSA) is 59.6 Å². The molecule has 1 saturated carbocycles. The molecule has 3 rings (SSSR count). The predicted octanol–water partition coefficient (Wildman–Crippen LogP) is 2.63. The molecule has 5 nitrogen and oxygen atoms in total. The van der Waals surface area contributed by atoms with Gasteiger partial charge in [-0.25, -0.2) is 8.78 Å². The van der Waals surface area contributed by atoms with Gasteiger partial charge < -0.3 is 14.8 Å². The molecule has 138 valence electrons. The lowest BCUT2D eigenvalue weighted by molar-refractivity contribution is -0.123. The van der Waals surface area contributed by atoms with Crippen molar-refractivity contribution in [1.82, 2.24) is 10.6 Å². The van der Waals surface area contributed by atoms with E-state index < -0.39 is 30.8 Å². The largest absolute Gasteiger partial charge is 0.497 e. The first kappa shape index (κ1) is 17.9. The number of amides is 1. The summed E-state index contributed by atoms with van der Waals surface area (Å²) in [7, 11) is 1.59. The van der Waals surface area contributed by atoms with E-state index in [2.05, 4.69) is 10.6 Å². The molecular formula is C18H24F2N2O3. The molecule has 0 radical (unpaired) electrons. The van der Waals surface area contributed by atoms with Crippen molar-refractivity contribution >= 4 is 5.91 Å². The van der Waals surface area contributed by atoms with E-state index in [9.17, 15) is 13.6 Å². The van der Waals surface area contributed by atoms with Gasteiger partial charge in [0.1, 0.15) is 11.5 Å². The number of hydrogen-bond acceptors (Lipinski definition) is 4. The summed E-state index contributed by atoms with van der Waals surface area (Å²) in [5.74, 6) is -1.88. The highest BCUT2D eigenvalue weighted by Gasteiger charge is 2.42. The van der Waals surface area contributed by atoms with Crippen molar-refractivity contribution in [1.29, 1.82) is 0 Å². The quantitative estimate of drug-likeness (QED) is 0.825. The molecule has 2 N–H and O–H groups in total. The van der Waals surface area contributed by atoms with Crippen LogP contribution in [0.25, 0.3) is 0 Å². The van der Waals surface area contributed by atoms with Crippen LogP contribution in [0.4, 0.5) is 8.78 Å². The number of hydrogen-bond donors (Lipinski definition) is 2. The minimum atomic E-state index is -2.82. The van der Waals surface area contributed by atoms with Crippen LogP contribution in [0, 0.1) is 0 Å². The highest BCUT2D eigenvalue weighted by molar-refractivity contribution is 5.82. The second-order valence-corrected chi connectivity index (χ2v) is 6.71. The smallest absolute Gasteiger partial charge is 0.262 e. The molecule has 1 aromatic rings. The monoisotopic (exact) mass is 354 g/mol. The van der Waals surface area contributed by atoms with Crippen LogP contribution in [-0.4, -0.2) is 37.6 Å². The molecule has 1 heterocycles. The van der Waals surface area contributed by atoms with Crippen molar-refractivity contribution in [3.8, 4) is 11.5 Å². The molecule has 1 aliphatic heterocycles. The fourth-order valence-corrected chi connectivity index (χ4v) is 3.31. The fraction of sp³-hybridized carbons (Fsp3) is 0.611. The number of alkyl halides is 2. The van der Waals surface area contributed by atoms with Gasteiger partial charge in [0.05, 0.1) is 25.8 Å². The third-order valence-corrected chi connectivity index (χ3v) is 4.75. The van der Waals surface area contributed by atoms with Crippen LogP contribution < -0.4 is 20.1 Å². The number of benzene rings is 1. The van der Waals surface area contributed by atoms with Crippen LogP contribution in [-0.2, 0) is 11.3 Å². The second kappa shape index (κ2) is 7.56. The summed E-state index contributed by atoms with van der Waals surface area (Å²) in [6, 6.07) is 4.58. The van der Waals surface area contributed by atoms with Crippen molar-refractivity contribution < 1.29 is 23.0 Å². The van der Waals surface area contributed by atoms with Crippen molar-refractivity contribution in [2.45, 2.75) is 56.7 Å². The maximum Gasteiger partial charge on any atom is 0.262 e. The molecule has 2 aliphatic rings. The van der Waals surface area contributed by atoms with Gasteiger partial charge in [-0.05, 0) is 37.8 Å². The molecule has 1 atom stereocenters. The minimum Gasteiger partial charge on any atom is -0.497 e. The number of carbonyl (C=O) groups is 1. The summed E-state index contributed by atoms with van der Waals surface area (Å²) < 4.78 is 37.7. The number of carbonyl (C=O) groups excluding carboxylic acids is 1. The van der Waals surface area contributed by atoms with Crippen LogP contribution >= 0.6 is 0 Å². The summed E-state index contributed by atoms with van der Waals surface area (Å²) in [5, 5.41) is 5.29. The van der Waals surface area contributed by atoms with E-state index in [1.807, 2.05) is 12.1 Å². The lowest BCUT2D eigenvalue weighted by Crippen LogP contribution is -2.40. The van der Waals surface area contributed by atoms with E-state index in [0.717, 1.165) is 31.2 Å². The number of nitrogens with one attached hydrogen (secondary N) is 2. The predicted molar refractivity (Wildman–Crippen MR) is 89.1 cm³/mol. The number of halogens is 2. The van der Waals surface area contributed by atoms with Crippen LogP contribution in [0.2, 0.25) is 0 Å². The van der Waals surface area contributed by atoms with Crippen LogP contribution in [0.1, 0.15) is 37.7 Å². The normalized spacial score (nSPS) is 22.8. The molecule has 1 saturated heterocycles. The summed E-state index contributed by atoms with van der Waals surface area (Å²) in [5.41, 5.74) is 0.811. The molecule has 1 aromatic carbocycles. The zero-order chi connectivity index (χ0) is 17.9. The molecule has 0 bridgehead atoms. The Morgan fingerprint density at radius 2 is 2.12 bits per heavy atom. The average Bonchev–Trinajstić information content (AvgIpc) is 3.22. The maximum absolute atomic E-state index is 13.2. The lowest BCUT2D eigenvalue weighted by Gasteiger charge is -2.18. The summed E-state index contributed by atoms with van der Waals surface area (Å²) >= 11 is 0. The Kier molecular flexibility index (Phi) is 5.42. The molecule has 0 spiro atoms. The van der Waals surface area contributed by atoms with E-state index in [-0.39, 0.29) is 12.6 Å². The van der Waals surface area contributed by atoms with Crippen molar-refractivity contribution in [2.75, 3.05) is 13.7 Å². The van der Waals surface area contributed by atoms with Gasteiger partial charge in [0.2, 0.25) is 5.91 Å². The molecule has 1 aliphatic carbocycles. The second-order valence-electron chi connectivity index (χ2n) is 6.71. The fourth-order valence-electron chi connectivity index (χ4n) is 3.31. The van der Waals surface area contributed by atoms with Crippen molar-refractivity contribution in [3.05, 3.63) is 23.8 Å². The standard InChI is InChI=1S/C18H24F2N2O3/c1-24-14-7-6-12(16(8-14)25-13-4-2-3-5-13)10-21-17(23)15-9-18(19,20)11-22-15/h6-8,13,15,22H,2-5,9-11H2,1H3,(H,21,23). The molecule has 25 heavy (non-hydrogen) atoms. The van der Waals surface area contributed by atoms with Gasteiger partial charge in [-0.15, -0.1) is 0 Å². The highest BCUT2D eigenvalue weighted by atomic mass is 19.3. The number of rotatable bonds is 6. The molecule has 1 amide bonds. The van der Waals surface area contributed by atoms with Crippen LogP contribution in [0.3, 0.4) is 0 Å². The first-order valence-corrected chi connectivity index (χ1v) is 8.69. The Labute approximate surface area is 146 Å². The van der Waals surface area contributed by atoms with Gasteiger partial charge in [0.15, 0.2) is 0 Å². The zero-order valence-electron chi connectivity index (χ0n) is 14.3. The summed E-state index contributed by atoms with van der Waals surface area (Å²) in [6.45, 7) is -0.224. The van der Waals surface area contributed by atoms with E-state index in [1.54, 1.807) is 13.2 Å². The highest BCUT2D eigenvalue weighted by Crippen LogP contribution is 2.30. The SMILES string of the molecule is COc1ccc(CNC(=O)C2CC(F)(F)CN2)c(OC2CCCC2)c1. The first-order valence-electron chi connectivity index (χ1n) is 8.69. The zero-order valence-corrected chi connectivity index (χ0v) is 14.3. The van der Waals surface area contributed by atoms with Gasteiger partial charge in [0.25, 0.3) is 5.92 Å². The molecule has 1 unspecified atom stereocenters. The number of ether oxygens (including phenoxy) is 2. The van der Waals surface area contributed by atoms with E-state index in [0.29, 0.717) is 11.5 Å². The Balaban J connectivity index is 1.63. The third kappa shape index (κ3) is 4.60. The van der Waals surface area contributed by atoms with Crippen molar-refractivity contribution in [2.24, 2.45) is 0 Å². The summed E-state index contributed by atoms with van der Waals surface area (Å²) in [6.07, 6.45) is 4.06. The Morgan fingerprint density at radius 3 is 2.76 bits per heavy atom. The van der Waals surface area contributed by atoms with Gasteiger partial charge in [-0.3, -0.25) is 10.1 Å². The Morgan fingerprint density at radius 1 is 1.36 bits per heavy atom. The van der Waals surface area contributed by atoms with E-state index in [4.69, 9.17) is 9.47 Å². The molecular weight excluding hydrogens is 330 g/mol. The first-order chi connectivity index (χ1) is 12.0.